The van der Waals surface area contributed by atoms with Gasteiger partial charge in [-0.05, 0) is 0 Å². The normalized spacial score (nSPS) is 0. The quantitative estimate of drug-likeness (QED) is 0.476. The van der Waals surface area contributed by atoms with Gasteiger partial charge in [0.1, 0.15) is 0 Å². The second-order valence-electron chi connectivity index (χ2n) is 0. The third kappa shape index (κ3) is 8.82. The van der Waals surface area contributed by atoms with E-state index < -0.39 is 0 Å². The molecular formula is AlAsGaSb+12. The molecule has 0 rings (SSSR count). The first kappa shape index (κ1) is 31.1. The van der Waals surface area contributed by atoms with E-state index in [-0.39, 0.29) is 79.5 Å². The van der Waals surface area contributed by atoms with Crippen LogP contribution < -0.4 is 0 Å². The molecular weight excluding hydrogens is 293 g/mol. The molecule has 0 bridgehead atoms. The Morgan fingerprint density at radius 3 is 1.00 bits per heavy atom. The van der Waals surface area contributed by atoms with Crippen LogP contribution in [0.2, 0.25) is 0 Å². The molecule has 0 aromatic heterocycles. The molecule has 0 atom stereocenters. The molecule has 0 aliphatic heterocycles. The Morgan fingerprint density at radius 2 is 1.00 bits per heavy atom. The monoisotopic (exact) mass is 292 g/mol. The third-order valence-corrected chi connectivity index (χ3v) is 0. The van der Waals surface area contributed by atoms with Crippen LogP contribution in [-0.2, 0) is 0 Å². The molecule has 4 radical (unpaired) electrons. The molecule has 0 saturated carbocycles. The summed E-state index contributed by atoms with van der Waals surface area (Å²) in [7, 11) is 0. The van der Waals surface area contributed by atoms with Gasteiger partial charge < -0.3 is 0 Å². The first-order chi connectivity index (χ1) is 0. The summed E-state index contributed by atoms with van der Waals surface area (Å²) in [6.45, 7) is 0. The Balaban J connectivity index is 0. The average Bonchev–Trinajstić information content (AvgIpc) is 0. The minimum Gasteiger partial charge on any atom is 3.00 e. The van der Waals surface area contributed by atoms with E-state index in [9.17, 15) is 0 Å². The maximum absolute atomic E-state index is 0. The van der Waals surface area contributed by atoms with Crippen LogP contribution in [0.5, 0.6) is 0 Å². The van der Waals surface area contributed by atoms with E-state index in [1.807, 2.05) is 0 Å². The van der Waals surface area contributed by atoms with Gasteiger partial charge >= 0.3 is 79.5 Å². The summed E-state index contributed by atoms with van der Waals surface area (Å²) < 4.78 is 0. The van der Waals surface area contributed by atoms with Crippen molar-refractivity contribution in [3.05, 3.63) is 0 Å². The smallest absolute Gasteiger partial charge is 3.00 e. The van der Waals surface area contributed by atoms with E-state index in [0.29, 0.717) is 0 Å². The summed E-state index contributed by atoms with van der Waals surface area (Å²) in [5.41, 5.74) is 0. The molecule has 0 nitrogen and oxygen atoms in total. The van der Waals surface area contributed by atoms with Crippen LogP contribution in [-0.4, -0.2) is 79.5 Å². The van der Waals surface area contributed by atoms with E-state index in [1.54, 1.807) is 0 Å². The van der Waals surface area contributed by atoms with Crippen molar-refractivity contribution in [1.29, 1.82) is 0 Å². The van der Waals surface area contributed by atoms with Crippen molar-refractivity contribution < 1.29 is 0 Å². The van der Waals surface area contributed by atoms with Crippen molar-refractivity contribution in [3.8, 4) is 0 Å². The molecule has 0 unspecified atom stereocenters. The zero-order chi connectivity index (χ0) is 0. The average molecular weight is 293 g/mol. The van der Waals surface area contributed by atoms with E-state index in [0.717, 1.165) is 0 Å². The summed E-state index contributed by atoms with van der Waals surface area (Å²) >= 11 is 0. The van der Waals surface area contributed by atoms with Crippen LogP contribution >= 0.6 is 0 Å². The molecule has 4 valence electrons. The molecule has 0 aromatic carbocycles. The topological polar surface area (TPSA) is 0 Å². The maximum Gasteiger partial charge on any atom is 3.00 e. The van der Waals surface area contributed by atoms with Gasteiger partial charge in [-0.2, -0.15) is 0 Å². The molecule has 0 heterocycles. The fourth-order valence-electron chi connectivity index (χ4n) is 0. The third-order valence-electron chi connectivity index (χ3n) is 0. The van der Waals surface area contributed by atoms with Crippen LogP contribution in [0, 0.1) is 0 Å². The Kier molecular flexibility index (Phi) is 137. The van der Waals surface area contributed by atoms with Gasteiger partial charge in [-0.3, -0.25) is 0 Å². The first-order valence-corrected chi connectivity index (χ1v) is 0. The fraction of sp³-hybridized carbons (Fsp3) is 0. The number of hydrogen-bond acceptors (Lipinski definition) is 0. The van der Waals surface area contributed by atoms with Crippen LogP contribution in [0.25, 0.3) is 0 Å². The van der Waals surface area contributed by atoms with E-state index in [2.05, 4.69) is 0 Å². The number of hydrogen-bond donors (Lipinski definition) is 0. The van der Waals surface area contributed by atoms with Crippen LogP contribution in [0.15, 0.2) is 0 Å². The van der Waals surface area contributed by atoms with Crippen LogP contribution in [0.1, 0.15) is 0 Å². The second-order valence-corrected chi connectivity index (χ2v) is 0. The van der Waals surface area contributed by atoms with Crippen molar-refractivity contribution in [3.63, 3.8) is 0 Å². The Hall–Kier alpha value is 2.55. The molecule has 4 heteroatoms. The standard InChI is InChI=1S/Al.As.Ga.Sb/q4*+3. The van der Waals surface area contributed by atoms with Crippen molar-refractivity contribution in [1.82, 2.24) is 0 Å². The van der Waals surface area contributed by atoms with Gasteiger partial charge in [0.25, 0.3) is 0 Å². The molecule has 0 amide bonds. The minimum atomic E-state index is 0. The molecule has 0 aliphatic rings. The zero-order valence-electron chi connectivity index (χ0n) is 2.05. The van der Waals surface area contributed by atoms with E-state index in [4.69, 9.17) is 0 Å². The van der Waals surface area contributed by atoms with Gasteiger partial charge in [-0.1, -0.05) is 0 Å². The SMILES string of the molecule is [Al+3].[As+3].[Ga+3].[Sb+3]. The van der Waals surface area contributed by atoms with Crippen molar-refractivity contribution >= 4 is 79.5 Å². The van der Waals surface area contributed by atoms with Crippen molar-refractivity contribution in [2.45, 2.75) is 0 Å². The summed E-state index contributed by atoms with van der Waals surface area (Å²) in [6.07, 6.45) is 0. The fourth-order valence-corrected chi connectivity index (χ4v) is 0. The number of rotatable bonds is 0. The van der Waals surface area contributed by atoms with E-state index in [1.165, 1.54) is 0 Å². The zero-order valence-corrected chi connectivity index (χ0v) is 10.1. The molecule has 0 spiro atoms. The molecule has 0 aromatic rings. The Morgan fingerprint density at radius 1 is 1.00 bits per heavy atom. The summed E-state index contributed by atoms with van der Waals surface area (Å²) in [5, 5.41) is 0. The van der Waals surface area contributed by atoms with Gasteiger partial charge in [0.2, 0.25) is 0 Å². The predicted octanol–water partition coefficient (Wildman–Crippen LogP) is -1.52. The predicted molar refractivity (Wildman–Crippen MR) is 23.0 cm³/mol. The minimum absolute atomic E-state index is 0. The van der Waals surface area contributed by atoms with Crippen molar-refractivity contribution in [2.75, 3.05) is 0 Å². The van der Waals surface area contributed by atoms with Crippen molar-refractivity contribution in [2.24, 2.45) is 0 Å². The molecule has 0 N–H and O–H groups in total. The van der Waals surface area contributed by atoms with Crippen LogP contribution in [0.3, 0.4) is 0 Å². The Bertz CT molecular complexity index is 8.00. The molecule has 0 aliphatic carbocycles. The van der Waals surface area contributed by atoms with Gasteiger partial charge in [0.05, 0.1) is 0 Å². The maximum atomic E-state index is 0. The molecule has 0 saturated heterocycles. The molecule has 0 fully saturated rings. The van der Waals surface area contributed by atoms with Crippen LogP contribution in [0.4, 0.5) is 0 Å². The summed E-state index contributed by atoms with van der Waals surface area (Å²) in [5.74, 6) is 0. The first-order valence-electron chi connectivity index (χ1n) is 0. The summed E-state index contributed by atoms with van der Waals surface area (Å²) in [6, 6.07) is 0. The van der Waals surface area contributed by atoms with Gasteiger partial charge in [0.15, 0.2) is 0 Å². The summed E-state index contributed by atoms with van der Waals surface area (Å²) in [4.78, 5) is 0. The van der Waals surface area contributed by atoms with E-state index >= 15 is 0 Å². The second kappa shape index (κ2) is 17.7. The van der Waals surface area contributed by atoms with Gasteiger partial charge in [-0.25, -0.2) is 0 Å². The van der Waals surface area contributed by atoms with Gasteiger partial charge in [-0.15, -0.1) is 0 Å². The van der Waals surface area contributed by atoms with Gasteiger partial charge in [0, 0.05) is 0 Å². The Labute approximate surface area is 78.4 Å². The molecule has 4 heavy (non-hydrogen) atoms. The largest absolute Gasteiger partial charge is 3.00 e.